The van der Waals surface area contributed by atoms with Crippen molar-refractivity contribution in [3.8, 4) is 0 Å². The lowest BCUT2D eigenvalue weighted by atomic mass is 9.68. The Morgan fingerprint density at radius 1 is 0.750 bits per heavy atom. The highest BCUT2D eigenvalue weighted by atomic mass is 32.2. The molecule has 0 bridgehead atoms. The topological polar surface area (TPSA) is 0 Å². The lowest BCUT2D eigenvalue weighted by Crippen LogP contribution is -2.31. The van der Waals surface area contributed by atoms with Crippen LogP contribution in [0.1, 0.15) is 50.7 Å². The van der Waals surface area contributed by atoms with E-state index in [0.29, 0.717) is 0 Å². The zero-order chi connectivity index (χ0) is 14.0. The Bertz CT molecular complexity index is 547. The van der Waals surface area contributed by atoms with Gasteiger partial charge in [-0.05, 0) is 36.1 Å². The van der Waals surface area contributed by atoms with E-state index in [9.17, 15) is 0 Å². The zero-order valence-corrected chi connectivity index (χ0v) is 13.2. The van der Waals surface area contributed by atoms with Crippen LogP contribution in [0.4, 0.5) is 0 Å². The Balaban J connectivity index is 2.25. The maximum atomic E-state index is 2.35. The first-order valence-electron chi connectivity index (χ1n) is 7.68. The average Bonchev–Trinajstić information content (AvgIpc) is 2.48. The summed E-state index contributed by atoms with van der Waals surface area (Å²) >= 11 is 1.94. The van der Waals surface area contributed by atoms with Gasteiger partial charge in [-0.1, -0.05) is 74.8 Å². The highest BCUT2D eigenvalue weighted by molar-refractivity contribution is 7.99. The maximum absolute atomic E-state index is 2.35. The molecule has 0 radical (unpaired) electrons. The van der Waals surface area contributed by atoms with Crippen molar-refractivity contribution < 1.29 is 0 Å². The summed E-state index contributed by atoms with van der Waals surface area (Å²) in [4.78, 5) is 2.90. The van der Waals surface area contributed by atoms with Crippen LogP contribution in [0.3, 0.4) is 0 Å². The molecular formula is C19H22S. The fraction of sp³-hybridized carbons (Fsp3) is 0.368. The second-order valence-corrected chi connectivity index (χ2v) is 6.76. The quantitative estimate of drug-likeness (QED) is 0.659. The van der Waals surface area contributed by atoms with Crippen molar-refractivity contribution in [3.63, 3.8) is 0 Å². The van der Waals surface area contributed by atoms with E-state index in [2.05, 4.69) is 62.4 Å². The van der Waals surface area contributed by atoms with Gasteiger partial charge in [0, 0.05) is 15.2 Å². The van der Waals surface area contributed by atoms with Crippen LogP contribution in [0.5, 0.6) is 0 Å². The van der Waals surface area contributed by atoms with E-state index in [1.165, 1.54) is 35.5 Å². The summed E-state index contributed by atoms with van der Waals surface area (Å²) < 4.78 is 0. The second-order valence-electron chi connectivity index (χ2n) is 5.68. The van der Waals surface area contributed by atoms with Crippen LogP contribution in [0.2, 0.25) is 0 Å². The molecule has 2 aromatic carbocycles. The molecule has 0 fully saturated rings. The molecule has 0 aliphatic carbocycles. The monoisotopic (exact) mass is 282 g/mol. The van der Waals surface area contributed by atoms with Crippen LogP contribution < -0.4 is 0 Å². The minimum absolute atomic E-state index is 0.224. The van der Waals surface area contributed by atoms with Gasteiger partial charge in [-0.2, -0.15) is 0 Å². The third kappa shape index (κ3) is 2.09. The molecule has 0 aromatic heterocycles. The van der Waals surface area contributed by atoms with Gasteiger partial charge >= 0.3 is 0 Å². The maximum Gasteiger partial charge on any atom is 0.0225 e. The Morgan fingerprint density at radius 3 is 1.65 bits per heavy atom. The fourth-order valence-electron chi connectivity index (χ4n) is 3.68. The van der Waals surface area contributed by atoms with Gasteiger partial charge in [0.1, 0.15) is 0 Å². The molecule has 0 amide bonds. The van der Waals surface area contributed by atoms with E-state index >= 15 is 0 Å². The summed E-state index contributed by atoms with van der Waals surface area (Å²) in [5.41, 5.74) is 3.32. The van der Waals surface area contributed by atoms with Gasteiger partial charge in [0.05, 0.1) is 0 Å². The van der Waals surface area contributed by atoms with E-state index in [1.807, 2.05) is 11.8 Å². The van der Waals surface area contributed by atoms with Gasteiger partial charge < -0.3 is 0 Å². The molecule has 0 atom stereocenters. The van der Waals surface area contributed by atoms with Gasteiger partial charge in [-0.25, -0.2) is 0 Å². The first kappa shape index (κ1) is 13.8. The fourth-order valence-corrected chi connectivity index (χ4v) is 4.96. The predicted molar refractivity (Wildman–Crippen MR) is 87.6 cm³/mol. The summed E-state index contributed by atoms with van der Waals surface area (Å²) in [6.07, 6.45) is 4.95. The lowest BCUT2D eigenvalue weighted by molar-refractivity contribution is 0.410. The number of hydrogen-bond donors (Lipinski definition) is 0. The third-order valence-electron chi connectivity index (χ3n) is 4.38. The minimum Gasteiger partial charge on any atom is -0.0895 e. The largest absolute Gasteiger partial charge is 0.0895 e. The van der Waals surface area contributed by atoms with Crippen LogP contribution >= 0.6 is 11.8 Å². The molecule has 3 rings (SSSR count). The third-order valence-corrected chi connectivity index (χ3v) is 5.53. The summed E-state index contributed by atoms with van der Waals surface area (Å²) in [5, 5.41) is 0. The Hall–Kier alpha value is -1.21. The van der Waals surface area contributed by atoms with Gasteiger partial charge in [0.15, 0.2) is 0 Å². The molecule has 2 aromatic rings. The van der Waals surface area contributed by atoms with Crippen molar-refractivity contribution >= 4 is 11.8 Å². The smallest absolute Gasteiger partial charge is 0.0225 e. The SMILES string of the molecule is CCCC1(CCC)c2ccccc2Sc2ccccc21. The molecule has 0 unspecified atom stereocenters. The van der Waals surface area contributed by atoms with Crippen LogP contribution in [0.15, 0.2) is 58.3 Å². The standard InChI is InChI=1S/C19H22S/c1-3-13-19(14-4-2)15-9-5-7-11-17(15)20-18-12-8-6-10-16(18)19/h5-12H,3-4,13-14H2,1-2H3. The lowest BCUT2D eigenvalue weighted by Gasteiger charge is -2.40. The van der Waals surface area contributed by atoms with Crippen molar-refractivity contribution in [1.29, 1.82) is 0 Å². The van der Waals surface area contributed by atoms with Crippen molar-refractivity contribution in [2.24, 2.45) is 0 Å². The van der Waals surface area contributed by atoms with Crippen molar-refractivity contribution in [1.82, 2.24) is 0 Å². The van der Waals surface area contributed by atoms with Gasteiger partial charge in [-0.15, -0.1) is 0 Å². The highest BCUT2D eigenvalue weighted by Crippen LogP contribution is 2.53. The van der Waals surface area contributed by atoms with E-state index in [1.54, 1.807) is 11.1 Å². The molecule has 1 heteroatoms. The molecule has 1 aliphatic heterocycles. The molecule has 20 heavy (non-hydrogen) atoms. The zero-order valence-electron chi connectivity index (χ0n) is 12.4. The molecule has 1 heterocycles. The summed E-state index contributed by atoms with van der Waals surface area (Å²) in [6, 6.07) is 18.0. The van der Waals surface area contributed by atoms with Crippen LogP contribution in [0, 0.1) is 0 Å². The molecule has 0 saturated heterocycles. The molecule has 0 nitrogen and oxygen atoms in total. The first-order valence-corrected chi connectivity index (χ1v) is 8.50. The van der Waals surface area contributed by atoms with E-state index in [4.69, 9.17) is 0 Å². The van der Waals surface area contributed by atoms with E-state index in [-0.39, 0.29) is 5.41 Å². The number of rotatable bonds is 4. The summed E-state index contributed by atoms with van der Waals surface area (Å²) in [5.74, 6) is 0. The molecular weight excluding hydrogens is 260 g/mol. The Kier molecular flexibility index (Phi) is 3.89. The van der Waals surface area contributed by atoms with Crippen LogP contribution in [-0.4, -0.2) is 0 Å². The number of hydrogen-bond acceptors (Lipinski definition) is 1. The predicted octanol–water partition coefficient (Wildman–Crippen LogP) is 6.04. The molecule has 1 aliphatic rings. The summed E-state index contributed by atoms with van der Waals surface area (Å²) in [6.45, 7) is 4.62. The number of benzene rings is 2. The minimum atomic E-state index is 0.224. The van der Waals surface area contributed by atoms with Gasteiger partial charge in [0.2, 0.25) is 0 Å². The van der Waals surface area contributed by atoms with Gasteiger partial charge in [-0.3, -0.25) is 0 Å². The van der Waals surface area contributed by atoms with Crippen molar-refractivity contribution in [2.45, 2.75) is 54.7 Å². The number of fused-ring (bicyclic) bond motifs is 2. The van der Waals surface area contributed by atoms with E-state index < -0.39 is 0 Å². The van der Waals surface area contributed by atoms with E-state index in [0.717, 1.165) is 0 Å². The molecule has 0 saturated carbocycles. The average molecular weight is 282 g/mol. The Morgan fingerprint density at radius 2 is 1.20 bits per heavy atom. The molecule has 104 valence electrons. The van der Waals surface area contributed by atoms with Crippen LogP contribution in [-0.2, 0) is 5.41 Å². The molecule has 0 spiro atoms. The Labute approximate surface area is 126 Å². The van der Waals surface area contributed by atoms with Crippen LogP contribution in [0.25, 0.3) is 0 Å². The molecule has 0 N–H and O–H groups in total. The first-order chi connectivity index (χ1) is 9.81. The second kappa shape index (κ2) is 5.65. The van der Waals surface area contributed by atoms with Gasteiger partial charge in [0.25, 0.3) is 0 Å². The summed E-state index contributed by atoms with van der Waals surface area (Å²) in [7, 11) is 0. The highest BCUT2D eigenvalue weighted by Gasteiger charge is 2.39. The van der Waals surface area contributed by atoms with Crippen molar-refractivity contribution in [3.05, 3.63) is 59.7 Å². The normalized spacial score (nSPS) is 15.5. The van der Waals surface area contributed by atoms with Crippen molar-refractivity contribution in [2.75, 3.05) is 0 Å².